The third kappa shape index (κ3) is 3.16. The van der Waals surface area contributed by atoms with Gasteiger partial charge in [-0.05, 0) is 50.1 Å². The molecule has 0 saturated heterocycles. The molecule has 0 amide bonds. The fourth-order valence-corrected chi connectivity index (χ4v) is 2.43. The van der Waals surface area contributed by atoms with Gasteiger partial charge in [0.2, 0.25) is 0 Å². The van der Waals surface area contributed by atoms with Crippen LogP contribution in [-0.4, -0.2) is 6.54 Å². The van der Waals surface area contributed by atoms with Crippen molar-refractivity contribution in [2.75, 3.05) is 6.54 Å². The first-order valence-corrected chi connectivity index (χ1v) is 7.08. The van der Waals surface area contributed by atoms with Crippen LogP contribution in [0.2, 0.25) is 0 Å². The molecule has 0 aliphatic rings. The van der Waals surface area contributed by atoms with Crippen molar-refractivity contribution < 1.29 is 8.81 Å². The van der Waals surface area contributed by atoms with E-state index in [2.05, 4.69) is 19.2 Å². The van der Waals surface area contributed by atoms with E-state index < -0.39 is 0 Å². The minimum atomic E-state index is -0.203. The molecule has 1 aromatic carbocycles. The first-order valence-electron chi connectivity index (χ1n) is 7.08. The molecule has 3 heteroatoms. The van der Waals surface area contributed by atoms with Crippen LogP contribution < -0.4 is 5.32 Å². The van der Waals surface area contributed by atoms with Crippen LogP contribution in [-0.2, 0) is 0 Å². The Bertz CT molecular complexity index is 547. The molecule has 0 spiro atoms. The fourth-order valence-electron chi connectivity index (χ4n) is 2.43. The SMILES string of the molecule is CCCNC(CCC)c1cc2cc(F)cc(C)c2o1. The van der Waals surface area contributed by atoms with Crippen LogP contribution in [0.25, 0.3) is 11.0 Å². The molecule has 19 heavy (non-hydrogen) atoms. The number of furan rings is 1. The molecule has 1 heterocycles. The standard InChI is InChI=1S/C16H22FNO/c1-4-6-14(18-7-5-2)15-10-12-9-13(17)8-11(3)16(12)19-15/h8-10,14,18H,4-7H2,1-3H3. The zero-order valence-corrected chi connectivity index (χ0v) is 11.9. The van der Waals surface area contributed by atoms with Gasteiger partial charge in [0.25, 0.3) is 0 Å². The molecule has 1 unspecified atom stereocenters. The molecule has 1 N–H and O–H groups in total. The number of hydrogen-bond donors (Lipinski definition) is 1. The molecule has 2 aromatic rings. The highest BCUT2D eigenvalue weighted by atomic mass is 19.1. The van der Waals surface area contributed by atoms with Crippen LogP contribution in [0.1, 0.15) is 50.5 Å². The molecule has 0 saturated carbocycles. The van der Waals surface area contributed by atoms with Crippen molar-refractivity contribution >= 4 is 11.0 Å². The van der Waals surface area contributed by atoms with E-state index in [0.29, 0.717) is 0 Å². The van der Waals surface area contributed by atoms with E-state index in [1.54, 1.807) is 0 Å². The third-order valence-electron chi connectivity index (χ3n) is 3.35. The van der Waals surface area contributed by atoms with Gasteiger partial charge in [-0.2, -0.15) is 0 Å². The molecular formula is C16H22FNO. The lowest BCUT2D eigenvalue weighted by Gasteiger charge is -2.14. The van der Waals surface area contributed by atoms with Crippen molar-refractivity contribution in [1.82, 2.24) is 5.32 Å². The Balaban J connectivity index is 2.34. The monoisotopic (exact) mass is 263 g/mol. The van der Waals surface area contributed by atoms with Gasteiger partial charge in [-0.15, -0.1) is 0 Å². The highest BCUT2D eigenvalue weighted by Crippen LogP contribution is 2.29. The van der Waals surface area contributed by atoms with Gasteiger partial charge in [0.05, 0.1) is 6.04 Å². The summed E-state index contributed by atoms with van der Waals surface area (Å²) in [6, 6.07) is 5.25. The molecule has 0 aliphatic heterocycles. The summed E-state index contributed by atoms with van der Waals surface area (Å²) in [5, 5.41) is 4.35. The highest BCUT2D eigenvalue weighted by molar-refractivity contribution is 5.81. The van der Waals surface area contributed by atoms with Crippen molar-refractivity contribution in [2.45, 2.75) is 46.1 Å². The lowest BCUT2D eigenvalue weighted by molar-refractivity contribution is 0.407. The van der Waals surface area contributed by atoms with E-state index in [4.69, 9.17) is 4.42 Å². The maximum absolute atomic E-state index is 13.4. The first kappa shape index (κ1) is 14.1. The lowest BCUT2D eigenvalue weighted by atomic mass is 10.1. The van der Waals surface area contributed by atoms with Gasteiger partial charge in [-0.1, -0.05) is 20.3 Å². The first-order chi connectivity index (χ1) is 9.15. The molecule has 1 aromatic heterocycles. The zero-order chi connectivity index (χ0) is 13.8. The smallest absolute Gasteiger partial charge is 0.137 e. The molecule has 0 bridgehead atoms. The Morgan fingerprint density at radius 2 is 2.00 bits per heavy atom. The van der Waals surface area contributed by atoms with Gasteiger partial charge in [0, 0.05) is 5.39 Å². The van der Waals surface area contributed by atoms with E-state index in [-0.39, 0.29) is 11.9 Å². The Labute approximate surface area is 114 Å². The molecule has 1 atom stereocenters. The number of hydrogen-bond acceptors (Lipinski definition) is 2. The largest absolute Gasteiger partial charge is 0.459 e. The summed E-state index contributed by atoms with van der Waals surface area (Å²) in [5.41, 5.74) is 1.66. The average Bonchev–Trinajstić information content (AvgIpc) is 2.78. The number of benzene rings is 1. The summed E-state index contributed by atoms with van der Waals surface area (Å²) in [4.78, 5) is 0. The Hall–Kier alpha value is -1.35. The second kappa shape index (κ2) is 6.20. The van der Waals surface area contributed by atoms with Crippen molar-refractivity contribution in [1.29, 1.82) is 0 Å². The summed E-state index contributed by atoms with van der Waals surface area (Å²) < 4.78 is 19.3. The van der Waals surface area contributed by atoms with E-state index >= 15 is 0 Å². The normalized spacial score (nSPS) is 13.1. The summed E-state index contributed by atoms with van der Waals surface area (Å²) in [6.45, 7) is 7.16. The van der Waals surface area contributed by atoms with Gasteiger partial charge in [-0.25, -0.2) is 4.39 Å². The van der Waals surface area contributed by atoms with Crippen LogP contribution in [0.15, 0.2) is 22.6 Å². The third-order valence-corrected chi connectivity index (χ3v) is 3.35. The maximum atomic E-state index is 13.4. The number of fused-ring (bicyclic) bond motifs is 1. The second-order valence-electron chi connectivity index (χ2n) is 5.09. The second-order valence-corrected chi connectivity index (χ2v) is 5.09. The van der Waals surface area contributed by atoms with Gasteiger partial charge in [-0.3, -0.25) is 0 Å². The molecule has 2 rings (SSSR count). The van der Waals surface area contributed by atoms with E-state index in [0.717, 1.165) is 48.1 Å². The minimum Gasteiger partial charge on any atom is -0.459 e. The number of rotatable bonds is 6. The minimum absolute atomic E-state index is 0.203. The molecule has 2 nitrogen and oxygen atoms in total. The molecule has 104 valence electrons. The molecule has 0 aliphatic carbocycles. The van der Waals surface area contributed by atoms with Gasteiger partial charge in [0.1, 0.15) is 17.2 Å². The van der Waals surface area contributed by atoms with Crippen LogP contribution in [0.4, 0.5) is 4.39 Å². The van der Waals surface area contributed by atoms with Crippen molar-refractivity contribution in [3.8, 4) is 0 Å². The number of nitrogens with one attached hydrogen (secondary N) is 1. The van der Waals surface area contributed by atoms with Crippen LogP contribution >= 0.6 is 0 Å². The Kier molecular flexibility index (Phi) is 4.59. The van der Waals surface area contributed by atoms with Crippen molar-refractivity contribution in [3.63, 3.8) is 0 Å². The molecule has 0 fully saturated rings. The van der Waals surface area contributed by atoms with E-state index in [1.165, 1.54) is 12.1 Å². The van der Waals surface area contributed by atoms with Crippen LogP contribution in [0.5, 0.6) is 0 Å². The van der Waals surface area contributed by atoms with Crippen LogP contribution in [0.3, 0.4) is 0 Å². The molecule has 0 radical (unpaired) electrons. The lowest BCUT2D eigenvalue weighted by Crippen LogP contribution is -2.21. The molecular weight excluding hydrogens is 241 g/mol. The summed E-state index contributed by atoms with van der Waals surface area (Å²) in [5.74, 6) is 0.713. The number of aryl methyl sites for hydroxylation is 1. The van der Waals surface area contributed by atoms with E-state index in [1.807, 2.05) is 13.0 Å². The maximum Gasteiger partial charge on any atom is 0.137 e. The highest BCUT2D eigenvalue weighted by Gasteiger charge is 2.16. The summed E-state index contributed by atoms with van der Waals surface area (Å²) >= 11 is 0. The number of halogens is 1. The predicted molar refractivity (Wildman–Crippen MR) is 76.9 cm³/mol. The Morgan fingerprint density at radius 3 is 2.68 bits per heavy atom. The predicted octanol–water partition coefficient (Wildman–Crippen LogP) is 4.72. The van der Waals surface area contributed by atoms with Crippen molar-refractivity contribution in [2.24, 2.45) is 0 Å². The van der Waals surface area contributed by atoms with E-state index in [9.17, 15) is 4.39 Å². The fraction of sp³-hybridized carbons (Fsp3) is 0.500. The van der Waals surface area contributed by atoms with Crippen LogP contribution in [0, 0.1) is 12.7 Å². The topological polar surface area (TPSA) is 25.2 Å². The quantitative estimate of drug-likeness (QED) is 0.815. The summed E-state index contributed by atoms with van der Waals surface area (Å²) in [7, 11) is 0. The van der Waals surface area contributed by atoms with Gasteiger partial charge in [0.15, 0.2) is 0 Å². The van der Waals surface area contributed by atoms with Gasteiger partial charge < -0.3 is 9.73 Å². The summed E-state index contributed by atoms with van der Waals surface area (Å²) in [6.07, 6.45) is 3.21. The average molecular weight is 263 g/mol. The zero-order valence-electron chi connectivity index (χ0n) is 11.9. The van der Waals surface area contributed by atoms with Gasteiger partial charge >= 0.3 is 0 Å². The Morgan fingerprint density at radius 1 is 1.21 bits per heavy atom. The van der Waals surface area contributed by atoms with Crippen molar-refractivity contribution in [3.05, 3.63) is 35.3 Å².